The lowest BCUT2D eigenvalue weighted by molar-refractivity contribution is -0.161. The van der Waals surface area contributed by atoms with E-state index in [1.54, 1.807) is 0 Å². The van der Waals surface area contributed by atoms with Crippen molar-refractivity contribution in [1.29, 1.82) is 0 Å². The van der Waals surface area contributed by atoms with Gasteiger partial charge in [0.15, 0.2) is 6.10 Å². The second kappa shape index (κ2) is 38.9. The Kier molecular flexibility index (Phi) is 37.1. The van der Waals surface area contributed by atoms with Gasteiger partial charge in [-0.25, -0.2) is 4.57 Å². The Balaban J connectivity index is 4.48. The second-order valence-electron chi connectivity index (χ2n) is 14.7. The predicted octanol–water partition coefficient (Wildman–Crippen LogP) is 10.4. The van der Waals surface area contributed by atoms with Crippen molar-refractivity contribution in [3.63, 3.8) is 0 Å². The molecule has 0 saturated heterocycles. The maximum atomic E-state index is 12.6. The molecule has 330 valence electrons. The monoisotopic (exact) mass is 828 g/mol. The van der Waals surface area contributed by atoms with Crippen LogP contribution >= 0.6 is 7.82 Å². The van der Waals surface area contributed by atoms with Crippen LogP contribution in [0.4, 0.5) is 0 Å². The number of carboxylic acid groups (broad SMARTS) is 1. The number of carbonyl (C=O) groups is 3. The molecule has 0 aliphatic heterocycles. The number of ether oxygens (including phenoxy) is 2. The molecule has 0 spiro atoms. The number of phosphoric ester groups is 1. The predicted molar refractivity (Wildman–Crippen MR) is 228 cm³/mol. The first kappa shape index (κ1) is 54.4. The summed E-state index contributed by atoms with van der Waals surface area (Å²) in [6, 6.07) is -1.54. The van der Waals surface area contributed by atoms with Crippen molar-refractivity contribution >= 4 is 25.7 Å². The Hall–Kier alpha value is -2.60. The van der Waals surface area contributed by atoms with E-state index in [-0.39, 0.29) is 25.6 Å². The summed E-state index contributed by atoms with van der Waals surface area (Å²) in [4.78, 5) is 45.9. The molecule has 2 unspecified atom stereocenters. The Morgan fingerprint density at radius 3 is 1.61 bits per heavy atom. The van der Waals surface area contributed by atoms with Gasteiger partial charge in [0, 0.05) is 12.8 Å². The molecule has 57 heavy (non-hydrogen) atoms. The van der Waals surface area contributed by atoms with Gasteiger partial charge in [-0.05, 0) is 51.4 Å². The fourth-order valence-corrected chi connectivity index (χ4v) is 6.50. The van der Waals surface area contributed by atoms with Crippen LogP contribution in [0.2, 0.25) is 0 Å². The van der Waals surface area contributed by atoms with Gasteiger partial charge in [0.25, 0.3) is 0 Å². The van der Waals surface area contributed by atoms with Crippen LogP contribution < -0.4 is 5.73 Å². The average Bonchev–Trinajstić information content (AvgIpc) is 3.18. The summed E-state index contributed by atoms with van der Waals surface area (Å²) in [6.07, 6.45) is 39.6. The largest absolute Gasteiger partial charge is 0.480 e. The highest BCUT2D eigenvalue weighted by atomic mass is 31.2. The third-order valence-electron chi connectivity index (χ3n) is 9.14. The molecule has 0 aromatic rings. The molecule has 13 heteroatoms. The highest BCUT2D eigenvalue weighted by Crippen LogP contribution is 2.43. The summed E-state index contributed by atoms with van der Waals surface area (Å²) >= 11 is 0. The zero-order chi connectivity index (χ0) is 42.2. The van der Waals surface area contributed by atoms with Gasteiger partial charge in [0.1, 0.15) is 12.6 Å². The number of esters is 2. The molecular formula is C44H78NO11P. The number of carbonyl (C=O) groups excluding carboxylic acids is 2. The lowest BCUT2D eigenvalue weighted by Gasteiger charge is -2.20. The molecule has 0 fully saturated rings. The molecule has 0 aliphatic carbocycles. The maximum absolute atomic E-state index is 12.6. The van der Waals surface area contributed by atoms with Crippen LogP contribution in [0.3, 0.4) is 0 Å². The van der Waals surface area contributed by atoms with Crippen molar-refractivity contribution in [2.24, 2.45) is 5.73 Å². The maximum Gasteiger partial charge on any atom is 0.472 e. The smallest absolute Gasteiger partial charge is 0.472 e. The second-order valence-corrected chi connectivity index (χ2v) is 16.1. The highest BCUT2D eigenvalue weighted by Gasteiger charge is 2.28. The van der Waals surface area contributed by atoms with Crippen LogP contribution in [0, 0.1) is 0 Å². The van der Waals surface area contributed by atoms with Crippen LogP contribution in [-0.2, 0) is 37.5 Å². The first-order chi connectivity index (χ1) is 27.5. The van der Waals surface area contributed by atoms with E-state index < -0.39 is 51.1 Å². The van der Waals surface area contributed by atoms with Gasteiger partial charge in [-0.15, -0.1) is 0 Å². The minimum atomic E-state index is -4.74. The normalized spacial score (nSPS) is 14.8. The minimum absolute atomic E-state index is 0.0707. The standard InChI is InChI=1S/C44H78NO11P/c1-3-5-6-7-8-9-10-11-12-15-18-21-24-27-30-34-42(47)53-36-40(37-54-57(51,52)55-38-41(45)44(49)50)56-43(48)35-31-28-25-22-19-16-13-14-17-20-23-26-29-33-39(46)32-4-2/h13,16-17,20,22,25-26,29,39-41,46H,3-12,14-15,18-19,21,23-24,27-28,30-38,45H2,1-2H3,(H,49,50)(H,51,52)/b16-13-,20-17-,25-22-,29-26-/t39?,40-,41+/m1/s1. The lowest BCUT2D eigenvalue weighted by Crippen LogP contribution is -2.34. The molecule has 5 N–H and O–H groups in total. The number of phosphoric acid groups is 1. The number of aliphatic hydroxyl groups is 1. The molecule has 0 aromatic carbocycles. The summed E-state index contributed by atoms with van der Waals surface area (Å²) < 4.78 is 32.6. The van der Waals surface area contributed by atoms with Gasteiger partial charge in [-0.3, -0.25) is 23.4 Å². The van der Waals surface area contributed by atoms with E-state index in [2.05, 4.69) is 48.8 Å². The number of rotatable bonds is 40. The van der Waals surface area contributed by atoms with Crippen molar-refractivity contribution in [2.75, 3.05) is 19.8 Å². The highest BCUT2D eigenvalue weighted by molar-refractivity contribution is 7.47. The summed E-state index contributed by atoms with van der Waals surface area (Å²) in [6.45, 7) is 2.54. The summed E-state index contributed by atoms with van der Waals surface area (Å²) in [5.41, 5.74) is 5.32. The van der Waals surface area contributed by atoms with Crippen molar-refractivity contribution in [3.05, 3.63) is 48.6 Å². The molecule has 12 nitrogen and oxygen atoms in total. The number of aliphatic carboxylic acids is 1. The first-order valence-corrected chi connectivity index (χ1v) is 23.2. The Bertz CT molecular complexity index is 1170. The van der Waals surface area contributed by atoms with Gasteiger partial charge in [0.2, 0.25) is 0 Å². The fourth-order valence-electron chi connectivity index (χ4n) is 5.72. The summed E-state index contributed by atoms with van der Waals surface area (Å²) in [5, 5.41) is 18.6. The SMILES string of the molecule is CCCCCCCCCCCCCCCCCC(=O)OC[C@H](COP(=O)(O)OC[C@H](N)C(=O)O)OC(=O)CCC/C=C\C/C=C\C/C=C\C/C=C\CC(O)CCC. The summed E-state index contributed by atoms with van der Waals surface area (Å²) in [5.74, 6) is -2.47. The lowest BCUT2D eigenvalue weighted by atomic mass is 10.0. The number of hydrogen-bond acceptors (Lipinski definition) is 10. The van der Waals surface area contributed by atoms with E-state index in [1.807, 2.05) is 18.2 Å². The summed E-state index contributed by atoms with van der Waals surface area (Å²) in [7, 11) is -4.74. The van der Waals surface area contributed by atoms with E-state index in [9.17, 15) is 28.9 Å². The zero-order valence-corrected chi connectivity index (χ0v) is 36.2. The third kappa shape index (κ3) is 38.7. The van der Waals surface area contributed by atoms with Gasteiger partial charge < -0.3 is 30.3 Å². The van der Waals surface area contributed by atoms with E-state index in [0.29, 0.717) is 25.7 Å². The van der Waals surface area contributed by atoms with Crippen molar-refractivity contribution in [1.82, 2.24) is 0 Å². The van der Waals surface area contributed by atoms with E-state index in [0.717, 1.165) is 51.4 Å². The van der Waals surface area contributed by atoms with Crippen LogP contribution in [0.1, 0.15) is 174 Å². The first-order valence-electron chi connectivity index (χ1n) is 21.7. The topological polar surface area (TPSA) is 192 Å². The molecule has 0 aliphatic rings. The molecular weight excluding hydrogens is 749 g/mol. The quantitative estimate of drug-likeness (QED) is 0.0198. The number of hydrogen-bond donors (Lipinski definition) is 4. The van der Waals surface area contributed by atoms with Crippen LogP contribution in [0.25, 0.3) is 0 Å². The molecule has 4 atom stereocenters. The number of allylic oxidation sites excluding steroid dienone is 7. The molecule has 0 heterocycles. The molecule has 0 amide bonds. The molecule has 0 rings (SSSR count). The third-order valence-corrected chi connectivity index (χ3v) is 10.1. The number of aliphatic hydroxyl groups excluding tert-OH is 1. The van der Waals surface area contributed by atoms with Crippen molar-refractivity contribution in [2.45, 2.75) is 193 Å². The van der Waals surface area contributed by atoms with E-state index in [1.165, 1.54) is 70.6 Å². The van der Waals surface area contributed by atoms with Crippen molar-refractivity contribution < 1.29 is 52.6 Å². The Morgan fingerprint density at radius 1 is 0.614 bits per heavy atom. The Labute approximate surface area is 344 Å². The van der Waals surface area contributed by atoms with Crippen LogP contribution in [0.15, 0.2) is 48.6 Å². The van der Waals surface area contributed by atoms with Gasteiger partial charge in [0.05, 0.1) is 19.3 Å². The molecule has 0 aromatic heterocycles. The van der Waals surface area contributed by atoms with Crippen LogP contribution in [0.5, 0.6) is 0 Å². The molecule has 0 radical (unpaired) electrons. The van der Waals surface area contributed by atoms with Gasteiger partial charge >= 0.3 is 25.7 Å². The van der Waals surface area contributed by atoms with E-state index >= 15 is 0 Å². The minimum Gasteiger partial charge on any atom is -0.480 e. The fraction of sp³-hybridized carbons (Fsp3) is 0.750. The number of carboxylic acids is 1. The van der Waals surface area contributed by atoms with Gasteiger partial charge in [-0.1, -0.05) is 159 Å². The average molecular weight is 828 g/mol. The molecule has 0 saturated carbocycles. The van der Waals surface area contributed by atoms with E-state index in [4.69, 9.17) is 24.8 Å². The van der Waals surface area contributed by atoms with Crippen molar-refractivity contribution in [3.8, 4) is 0 Å². The van der Waals surface area contributed by atoms with Crippen LogP contribution in [-0.4, -0.2) is 71.1 Å². The zero-order valence-electron chi connectivity index (χ0n) is 35.3. The number of nitrogens with two attached hydrogens (primary N) is 1. The van der Waals surface area contributed by atoms with Gasteiger partial charge in [-0.2, -0.15) is 0 Å². The molecule has 0 bridgehead atoms. The Morgan fingerprint density at radius 2 is 1.09 bits per heavy atom. The number of unbranched alkanes of at least 4 members (excludes halogenated alkanes) is 15.